The lowest BCUT2D eigenvalue weighted by Gasteiger charge is -2.28. The molecule has 0 saturated heterocycles. The molecule has 1 aliphatic carbocycles. The monoisotopic (exact) mass is 419 g/mol. The van der Waals surface area contributed by atoms with Crippen LogP contribution in [-0.2, 0) is 13.5 Å². The fourth-order valence-corrected chi connectivity index (χ4v) is 4.34. The van der Waals surface area contributed by atoms with Gasteiger partial charge in [-0.05, 0) is 54.7 Å². The largest absolute Gasteiger partial charge is 0.347 e. The Kier molecular flexibility index (Phi) is 4.66. The molecule has 3 aromatic rings. The van der Waals surface area contributed by atoms with E-state index in [9.17, 15) is 4.79 Å². The molecule has 138 valence electrons. The van der Waals surface area contributed by atoms with E-state index in [1.54, 1.807) is 18.2 Å². The molecular formula is C20H16Cl3N3O. The van der Waals surface area contributed by atoms with E-state index in [4.69, 9.17) is 40.6 Å². The van der Waals surface area contributed by atoms with Crippen LogP contribution >= 0.6 is 34.8 Å². The average Bonchev–Trinajstić information content (AvgIpc) is 2.67. The summed E-state index contributed by atoms with van der Waals surface area (Å²) >= 11 is 18.3. The van der Waals surface area contributed by atoms with Crippen LogP contribution in [0.25, 0.3) is 10.9 Å². The van der Waals surface area contributed by atoms with Crippen molar-refractivity contribution in [3.8, 4) is 0 Å². The second-order valence-corrected chi connectivity index (χ2v) is 7.98. The van der Waals surface area contributed by atoms with Gasteiger partial charge in [0.2, 0.25) is 0 Å². The van der Waals surface area contributed by atoms with E-state index < -0.39 is 0 Å². The van der Waals surface area contributed by atoms with Crippen molar-refractivity contribution >= 4 is 51.4 Å². The zero-order valence-corrected chi connectivity index (χ0v) is 16.7. The predicted octanol–water partition coefficient (Wildman–Crippen LogP) is 4.89. The summed E-state index contributed by atoms with van der Waals surface area (Å²) in [6.45, 7) is 0. The predicted molar refractivity (Wildman–Crippen MR) is 112 cm³/mol. The maximum absolute atomic E-state index is 13.1. The summed E-state index contributed by atoms with van der Waals surface area (Å²) in [4.78, 5) is 13.1. The summed E-state index contributed by atoms with van der Waals surface area (Å²) in [5.74, 6) is 5.77. The molecule has 1 aliphatic rings. The van der Waals surface area contributed by atoms with Gasteiger partial charge < -0.3 is 10.4 Å². The lowest BCUT2D eigenvalue weighted by atomic mass is 9.80. The van der Waals surface area contributed by atoms with Gasteiger partial charge in [0.25, 0.3) is 0 Å². The smallest absolute Gasteiger partial charge is 0.198 e. The van der Waals surface area contributed by atoms with Crippen molar-refractivity contribution in [2.75, 3.05) is 0 Å². The Morgan fingerprint density at radius 2 is 1.85 bits per heavy atom. The topological polar surface area (TPSA) is 60.4 Å². The quantitative estimate of drug-likeness (QED) is 0.450. The number of aromatic nitrogens is 1. The minimum Gasteiger partial charge on any atom is -0.347 e. The Bertz CT molecular complexity index is 1170. The summed E-state index contributed by atoms with van der Waals surface area (Å²) in [5, 5.41) is 6.06. The van der Waals surface area contributed by atoms with Gasteiger partial charge in [0, 0.05) is 23.2 Å². The van der Waals surface area contributed by atoms with Gasteiger partial charge in [-0.2, -0.15) is 5.10 Å². The first-order valence-corrected chi connectivity index (χ1v) is 9.57. The van der Waals surface area contributed by atoms with E-state index in [-0.39, 0.29) is 11.3 Å². The average molecular weight is 421 g/mol. The number of fused-ring (bicyclic) bond motifs is 2. The van der Waals surface area contributed by atoms with Crippen LogP contribution in [0.4, 0.5) is 0 Å². The first-order valence-electron chi connectivity index (χ1n) is 8.44. The third-order valence-corrected chi connectivity index (χ3v) is 6.20. The van der Waals surface area contributed by atoms with E-state index in [1.807, 2.05) is 29.8 Å². The number of nitrogens with two attached hydrogens (primary N) is 1. The van der Waals surface area contributed by atoms with Gasteiger partial charge in [0.1, 0.15) is 0 Å². The highest BCUT2D eigenvalue weighted by atomic mass is 35.5. The summed E-state index contributed by atoms with van der Waals surface area (Å²) < 4.78 is 2.03. The molecule has 1 atom stereocenters. The Morgan fingerprint density at radius 3 is 2.56 bits per heavy atom. The van der Waals surface area contributed by atoms with Crippen LogP contribution < -0.4 is 11.3 Å². The Morgan fingerprint density at radius 1 is 1.07 bits per heavy atom. The highest BCUT2D eigenvalue weighted by Gasteiger charge is 2.30. The number of rotatable bonds is 1. The number of hydrazone groups is 1. The summed E-state index contributed by atoms with van der Waals surface area (Å²) in [5.41, 5.74) is 3.86. The second kappa shape index (κ2) is 6.86. The van der Waals surface area contributed by atoms with Crippen LogP contribution in [0.2, 0.25) is 15.1 Å². The fourth-order valence-electron chi connectivity index (χ4n) is 3.86. The maximum Gasteiger partial charge on any atom is 0.198 e. The van der Waals surface area contributed by atoms with Gasteiger partial charge in [-0.1, -0.05) is 40.9 Å². The molecule has 0 radical (unpaired) electrons. The number of halogens is 3. The van der Waals surface area contributed by atoms with Gasteiger partial charge in [0.05, 0.1) is 26.8 Å². The van der Waals surface area contributed by atoms with E-state index in [0.29, 0.717) is 44.6 Å². The van der Waals surface area contributed by atoms with Crippen molar-refractivity contribution in [3.63, 3.8) is 0 Å². The van der Waals surface area contributed by atoms with Gasteiger partial charge in [0.15, 0.2) is 5.43 Å². The molecule has 0 fully saturated rings. The van der Waals surface area contributed by atoms with Crippen LogP contribution in [0, 0.1) is 0 Å². The molecule has 27 heavy (non-hydrogen) atoms. The van der Waals surface area contributed by atoms with Crippen LogP contribution in [0.5, 0.6) is 0 Å². The molecule has 4 nitrogen and oxygen atoms in total. The lowest BCUT2D eigenvalue weighted by molar-refractivity contribution is 0.651. The van der Waals surface area contributed by atoms with E-state index in [2.05, 4.69) is 5.10 Å². The third-order valence-electron chi connectivity index (χ3n) is 5.22. The molecular weight excluding hydrogens is 405 g/mol. The molecule has 2 N–H and O–H groups in total. The van der Waals surface area contributed by atoms with Gasteiger partial charge in [-0.25, -0.2) is 0 Å². The molecule has 7 heteroatoms. The molecule has 1 aromatic heterocycles. The molecule has 2 aromatic carbocycles. The van der Waals surface area contributed by atoms with E-state index in [0.717, 1.165) is 16.8 Å². The Labute approximate surface area is 171 Å². The minimum atomic E-state index is -0.0858. The highest BCUT2D eigenvalue weighted by Crippen LogP contribution is 2.35. The van der Waals surface area contributed by atoms with Crippen molar-refractivity contribution in [3.05, 3.63) is 78.5 Å². The zero-order valence-electron chi connectivity index (χ0n) is 14.5. The van der Waals surface area contributed by atoms with E-state index >= 15 is 0 Å². The molecule has 1 heterocycles. The molecule has 0 aliphatic heterocycles. The van der Waals surface area contributed by atoms with Gasteiger partial charge >= 0.3 is 0 Å². The van der Waals surface area contributed by atoms with Crippen molar-refractivity contribution in [1.29, 1.82) is 0 Å². The molecule has 0 saturated carbocycles. The third kappa shape index (κ3) is 3.02. The van der Waals surface area contributed by atoms with Crippen molar-refractivity contribution < 1.29 is 0 Å². The van der Waals surface area contributed by atoms with Crippen LogP contribution in [0.3, 0.4) is 0 Å². The van der Waals surface area contributed by atoms with Crippen molar-refractivity contribution in [1.82, 2.24) is 4.57 Å². The molecule has 1 unspecified atom stereocenters. The number of benzene rings is 2. The van der Waals surface area contributed by atoms with E-state index in [1.165, 1.54) is 0 Å². The zero-order chi connectivity index (χ0) is 19.3. The molecule has 0 spiro atoms. The maximum atomic E-state index is 13.1. The number of hydrogen-bond donors (Lipinski definition) is 1. The number of nitrogens with zero attached hydrogens (tertiary/aromatic N) is 2. The highest BCUT2D eigenvalue weighted by molar-refractivity contribution is 6.42. The summed E-state index contributed by atoms with van der Waals surface area (Å²) in [6.07, 6.45) is 1.24. The van der Waals surface area contributed by atoms with Gasteiger partial charge in [-0.3, -0.25) is 4.79 Å². The van der Waals surface area contributed by atoms with Gasteiger partial charge in [-0.15, -0.1) is 0 Å². The first-order chi connectivity index (χ1) is 12.9. The standard InChI is InChI=1S/C20H16Cl3N3O/c1-26-17-5-3-12(21)9-13(17)20(27)19-16(25-24)7-11(8-18(19)26)10-2-4-14(22)15(23)6-10/h2-6,9,11H,7-8,24H2,1H3/b25-16+. The molecule has 0 bridgehead atoms. The van der Waals surface area contributed by atoms with Crippen molar-refractivity contribution in [2.45, 2.75) is 18.8 Å². The number of pyridine rings is 1. The van der Waals surface area contributed by atoms with Crippen LogP contribution in [0.1, 0.15) is 29.2 Å². The SMILES string of the molecule is Cn1c2c(c(=O)c3cc(Cl)ccc31)/C(=N/N)CC(c1ccc(Cl)c(Cl)c1)C2. The lowest BCUT2D eigenvalue weighted by Crippen LogP contribution is -2.31. The summed E-state index contributed by atoms with van der Waals surface area (Å²) in [6, 6.07) is 11.0. The molecule has 4 rings (SSSR count). The Hall–Kier alpha value is -2.01. The minimum absolute atomic E-state index is 0.0858. The van der Waals surface area contributed by atoms with Crippen LogP contribution in [0.15, 0.2) is 46.3 Å². The van der Waals surface area contributed by atoms with Crippen molar-refractivity contribution in [2.24, 2.45) is 18.0 Å². The first kappa shape index (κ1) is 18.4. The Balaban J connectivity index is 1.94. The van der Waals surface area contributed by atoms with Crippen LogP contribution in [-0.4, -0.2) is 10.3 Å². The number of hydrogen-bond acceptors (Lipinski definition) is 3. The number of aryl methyl sites for hydroxylation is 1. The normalized spacial score (nSPS) is 18.1. The fraction of sp³-hybridized carbons (Fsp3) is 0.200. The second-order valence-electron chi connectivity index (χ2n) is 6.73. The summed E-state index contributed by atoms with van der Waals surface area (Å²) in [7, 11) is 1.94. The molecule has 0 amide bonds.